The van der Waals surface area contributed by atoms with Gasteiger partial charge in [0.25, 0.3) is 0 Å². The third-order valence-corrected chi connectivity index (χ3v) is 2.09. The van der Waals surface area contributed by atoms with E-state index in [-0.39, 0.29) is 0 Å². The predicted molar refractivity (Wildman–Crippen MR) is 55.4 cm³/mol. The second-order valence-electron chi connectivity index (χ2n) is 3.17. The van der Waals surface area contributed by atoms with Gasteiger partial charge in [-0.25, -0.2) is 9.67 Å². The lowest BCUT2D eigenvalue weighted by atomic mass is 10.3. The number of hydrogen-bond donors (Lipinski definition) is 0. The second kappa shape index (κ2) is 4.05. The maximum absolute atomic E-state index is 4.23. The third-order valence-electron chi connectivity index (χ3n) is 2.09. The summed E-state index contributed by atoms with van der Waals surface area (Å²) < 4.78 is 1.89. The fourth-order valence-corrected chi connectivity index (χ4v) is 1.44. The Morgan fingerprint density at radius 2 is 2.00 bits per heavy atom. The lowest BCUT2D eigenvalue weighted by Gasteiger charge is -2.03. The van der Waals surface area contributed by atoms with Gasteiger partial charge in [-0.2, -0.15) is 5.10 Å². The Morgan fingerprint density at radius 1 is 1.21 bits per heavy atom. The first-order valence-electron chi connectivity index (χ1n) is 4.86. The van der Waals surface area contributed by atoms with Gasteiger partial charge in [-0.3, -0.25) is 0 Å². The van der Waals surface area contributed by atoms with Crippen LogP contribution in [0.15, 0.2) is 36.7 Å². The van der Waals surface area contributed by atoms with Gasteiger partial charge in [0.2, 0.25) is 0 Å². The van der Waals surface area contributed by atoms with Crippen LogP contribution in [0.4, 0.5) is 0 Å². The summed E-state index contributed by atoms with van der Waals surface area (Å²) in [5, 5.41) is 4.21. The van der Waals surface area contributed by atoms with Gasteiger partial charge in [0.05, 0.1) is 5.69 Å². The second-order valence-corrected chi connectivity index (χ2v) is 3.17. The molecule has 1 aromatic carbocycles. The number of aryl methyl sites for hydroxylation is 1. The number of hydrogen-bond acceptors (Lipinski definition) is 2. The number of aromatic nitrogens is 3. The van der Waals surface area contributed by atoms with E-state index in [1.807, 2.05) is 35.0 Å². The van der Waals surface area contributed by atoms with Crippen molar-refractivity contribution in [2.75, 3.05) is 0 Å². The van der Waals surface area contributed by atoms with Crippen molar-refractivity contribution in [1.82, 2.24) is 14.8 Å². The molecule has 0 amide bonds. The molecule has 0 atom stereocenters. The minimum Gasteiger partial charge on any atom is -0.220 e. The summed E-state index contributed by atoms with van der Waals surface area (Å²) in [5.41, 5.74) is 1.08. The highest BCUT2D eigenvalue weighted by atomic mass is 15.3. The molecule has 0 unspecified atom stereocenters. The van der Waals surface area contributed by atoms with Crippen molar-refractivity contribution >= 4 is 0 Å². The van der Waals surface area contributed by atoms with Crippen molar-refractivity contribution in [1.29, 1.82) is 0 Å². The fourth-order valence-electron chi connectivity index (χ4n) is 1.44. The topological polar surface area (TPSA) is 30.7 Å². The molecule has 0 N–H and O–H groups in total. The minimum atomic E-state index is 0.967. The van der Waals surface area contributed by atoms with Crippen LogP contribution in [0.5, 0.6) is 0 Å². The molecular weight excluding hydrogens is 174 g/mol. The van der Waals surface area contributed by atoms with Gasteiger partial charge < -0.3 is 0 Å². The molecule has 72 valence electrons. The van der Waals surface area contributed by atoms with E-state index in [4.69, 9.17) is 0 Å². The van der Waals surface area contributed by atoms with Gasteiger partial charge in [0.1, 0.15) is 12.2 Å². The summed E-state index contributed by atoms with van der Waals surface area (Å²) in [7, 11) is 0. The molecule has 1 heterocycles. The van der Waals surface area contributed by atoms with Crippen molar-refractivity contribution in [2.45, 2.75) is 19.8 Å². The maximum Gasteiger partial charge on any atom is 0.138 e. The van der Waals surface area contributed by atoms with Crippen LogP contribution in [0.25, 0.3) is 5.69 Å². The highest BCUT2D eigenvalue weighted by Crippen LogP contribution is 2.08. The van der Waals surface area contributed by atoms with E-state index in [0.29, 0.717) is 0 Å². The zero-order valence-electron chi connectivity index (χ0n) is 8.22. The van der Waals surface area contributed by atoms with Crippen LogP contribution in [0, 0.1) is 0 Å². The maximum atomic E-state index is 4.23. The minimum absolute atomic E-state index is 0.967. The van der Waals surface area contributed by atoms with E-state index >= 15 is 0 Å². The lowest BCUT2D eigenvalue weighted by molar-refractivity contribution is 0.759. The quantitative estimate of drug-likeness (QED) is 0.737. The molecular formula is C11H13N3. The van der Waals surface area contributed by atoms with Crippen molar-refractivity contribution < 1.29 is 0 Å². The van der Waals surface area contributed by atoms with Gasteiger partial charge in [-0.1, -0.05) is 25.1 Å². The molecule has 0 fully saturated rings. The summed E-state index contributed by atoms with van der Waals surface area (Å²) in [6.07, 6.45) is 3.67. The average molecular weight is 187 g/mol. The van der Waals surface area contributed by atoms with Crippen molar-refractivity contribution in [2.24, 2.45) is 0 Å². The van der Waals surface area contributed by atoms with Gasteiger partial charge in [0, 0.05) is 6.42 Å². The van der Waals surface area contributed by atoms with E-state index in [0.717, 1.165) is 24.4 Å². The molecule has 3 nitrogen and oxygen atoms in total. The Bertz CT molecular complexity index is 392. The Kier molecular flexibility index (Phi) is 2.58. The Hall–Kier alpha value is -1.64. The third kappa shape index (κ3) is 1.66. The standard InChI is InChI=1S/C11H13N3/c1-2-6-11-12-9-13-14(11)10-7-4-3-5-8-10/h3-5,7-9H,2,6H2,1H3. The van der Waals surface area contributed by atoms with Gasteiger partial charge >= 0.3 is 0 Å². The normalized spacial score (nSPS) is 10.4. The number of nitrogens with zero attached hydrogens (tertiary/aromatic N) is 3. The van der Waals surface area contributed by atoms with E-state index in [1.165, 1.54) is 0 Å². The highest BCUT2D eigenvalue weighted by molar-refractivity contribution is 5.30. The van der Waals surface area contributed by atoms with E-state index in [1.54, 1.807) is 6.33 Å². The van der Waals surface area contributed by atoms with Crippen LogP contribution in [0.2, 0.25) is 0 Å². The van der Waals surface area contributed by atoms with E-state index < -0.39 is 0 Å². The Morgan fingerprint density at radius 3 is 2.71 bits per heavy atom. The van der Waals surface area contributed by atoms with Crippen LogP contribution in [-0.4, -0.2) is 14.8 Å². The van der Waals surface area contributed by atoms with Crippen molar-refractivity contribution in [3.63, 3.8) is 0 Å². The molecule has 2 rings (SSSR count). The Labute approximate surface area is 83.4 Å². The molecule has 1 aromatic heterocycles. The van der Waals surface area contributed by atoms with Crippen LogP contribution >= 0.6 is 0 Å². The highest BCUT2D eigenvalue weighted by Gasteiger charge is 2.03. The SMILES string of the molecule is CCCc1ncnn1-c1ccccc1. The molecule has 0 radical (unpaired) electrons. The van der Waals surface area contributed by atoms with E-state index in [2.05, 4.69) is 17.0 Å². The van der Waals surface area contributed by atoms with Gasteiger partial charge in [0.15, 0.2) is 0 Å². The molecule has 2 aromatic rings. The molecule has 0 aliphatic heterocycles. The average Bonchev–Trinajstić information content (AvgIpc) is 2.68. The number of rotatable bonds is 3. The van der Waals surface area contributed by atoms with Crippen LogP contribution in [0.1, 0.15) is 19.2 Å². The first kappa shape index (κ1) is 8.94. The summed E-state index contributed by atoms with van der Waals surface area (Å²) in [6.45, 7) is 2.14. The molecule has 0 saturated heterocycles. The monoisotopic (exact) mass is 187 g/mol. The summed E-state index contributed by atoms with van der Waals surface area (Å²) in [6, 6.07) is 10.1. The largest absolute Gasteiger partial charge is 0.220 e. The lowest BCUT2D eigenvalue weighted by Crippen LogP contribution is -2.02. The zero-order valence-corrected chi connectivity index (χ0v) is 8.22. The summed E-state index contributed by atoms with van der Waals surface area (Å²) >= 11 is 0. The fraction of sp³-hybridized carbons (Fsp3) is 0.273. The van der Waals surface area contributed by atoms with E-state index in [9.17, 15) is 0 Å². The molecule has 0 bridgehead atoms. The number of benzene rings is 1. The molecule has 0 aliphatic rings. The molecule has 14 heavy (non-hydrogen) atoms. The summed E-state index contributed by atoms with van der Waals surface area (Å²) in [5.74, 6) is 1.03. The number of para-hydroxylation sites is 1. The Balaban J connectivity index is 2.37. The molecule has 0 spiro atoms. The molecule has 0 saturated carbocycles. The summed E-state index contributed by atoms with van der Waals surface area (Å²) in [4.78, 5) is 4.23. The first-order valence-corrected chi connectivity index (χ1v) is 4.86. The van der Waals surface area contributed by atoms with Crippen LogP contribution < -0.4 is 0 Å². The predicted octanol–water partition coefficient (Wildman–Crippen LogP) is 2.22. The molecule has 3 heteroatoms. The van der Waals surface area contributed by atoms with Crippen molar-refractivity contribution in [3.05, 3.63) is 42.5 Å². The first-order chi connectivity index (χ1) is 6.92. The van der Waals surface area contributed by atoms with Gasteiger partial charge in [-0.15, -0.1) is 0 Å². The van der Waals surface area contributed by atoms with Crippen LogP contribution in [-0.2, 0) is 6.42 Å². The smallest absolute Gasteiger partial charge is 0.138 e. The zero-order chi connectivity index (χ0) is 9.80. The van der Waals surface area contributed by atoms with Gasteiger partial charge in [-0.05, 0) is 18.6 Å². The van der Waals surface area contributed by atoms with Crippen molar-refractivity contribution in [3.8, 4) is 5.69 Å². The molecule has 0 aliphatic carbocycles. The van der Waals surface area contributed by atoms with Crippen LogP contribution in [0.3, 0.4) is 0 Å².